The summed E-state index contributed by atoms with van der Waals surface area (Å²) in [4.78, 5) is 18.0. The van der Waals surface area contributed by atoms with E-state index in [4.69, 9.17) is 5.73 Å². The van der Waals surface area contributed by atoms with Gasteiger partial charge in [-0.2, -0.15) is 0 Å². The fourth-order valence-corrected chi connectivity index (χ4v) is 4.08. The Balaban J connectivity index is 1.52. The molecule has 0 aliphatic carbocycles. The minimum atomic E-state index is 0.463. The van der Waals surface area contributed by atoms with Crippen LogP contribution in [0.3, 0.4) is 0 Å². The molecule has 0 fully saturated rings. The lowest BCUT2D eigenvalue weighted by atomic mass is 10.1. The van der Waals surface area contributed by atoms with Crippen molar-refractivity contribution in [3.05, 3.63) is 77.6 Å². The highest BCUT2D eigenvalue weighted by Crippen LogP contribution is 2.31. The first kappa shape index (κ1) is 18.4. The Kier molecular flexibility index (Phi) is 4.48. The zero-order valence-electron chi connectivity index (χ0n) is 17.1. The number of nitrogen functional groups attached to an aromatic ring is 1. The van der Waals surface area contributed by atoms with E-state index in [1.807, 2.05) is 13.0 Å². The van der Waals surface area contributed by atoms with Crippen molar-refractivity contribution in [1.29, 1.82) is 0 Å². The van der Waals surface area contributed by atoms with Crippen LogP contribution in [0, 0.1) is 6.92 Å². The number of hydrogen-bond donors (Lipinski definition) is 3. The minimum Gasteiger partial charge on any atom is -0.384 e. The minimum absolute atomic E-state index is 0.463. The predicted octanol–water partition coefficient (Wildman–Crippen LogP) is 4.63. The zero-order chi connectivity index (χ0) is 20.7. The lowest BCUT2D eigenvalue weighted by Crippen LogP contribution is -2.17. The number of H-pyrrole nitrogens is 2. The highest BCUT2D eigenvalue weighted by molar-refractivity contribution is 5.96. The Morgan fingerprint density at radius 1 is 0.933 bits per heavy atom. The van der Waals surface area contributed by atoms with Gasteiger partial charge in [-0.3, -0.25) is 4.90 Å². The Bertz CT molecular complexity index is 1330. The third-order valence-corrected chi connectivity index (χ3v) is 5.38. The summed E-state index contributed by atoms with van der Waals surface area (Å²) in [7, 11) is 2.15. The molecular formula is C24H24N6. The number of pyridine rings is 1. The van der Waals surface area contributed by atoms with E-state index in [9.17, 15) is 0 Å². The van der Waals surface area contributed by atoms with Crippen molar-refractivity contribution >= 4 is 27.9 Å². The van der Waals surface area contributed by atoms with Gasteiger partial charge in [-0.15, -0.1) is 0 Å². The Labute approximate surface area is 174 Å². The monoisotopic (exact) mass is 396 g/mol. The lowest BCUT2D eigenvalue weighted by molar-refractivity contribution is 0.320. The quantitative estimate of drug-likeness (QED) is 0.404. The molecule has 3 heterocycles. The van der Waals surface area contributed by atoms with Gasteiger partial charge in [-0.05, 0) is 43.3 Å². The van der Waals surface area contributed by atoms with Crippen LogP contribution in [0.25, 0.3) is 33.3 Å². The number of aromatic nitrogens is 4. The van der Waals surface area contributed by atoms with E-state index in [0.29, 0.717) is 11.5 Å². The molecule has 5 rings (SSSR count). The van der Waals surface area contributed by atoms with Crippen molar-refractivity contribution in [2.45, 2.75) is 20.0 Å². The van der Waals surface area contributed by atoms with Crippen LogP contribution in [0.2, 0.25) is 0 Å². The maximum Gasteiger partial charge on any atom is 0.180 e. The third kappa shape index (κ3) is 3.42. The van der Waals surface area contributed by atoms with Gasteiger partial charge in [0.25, 0.3) is 0 Å². The first-order valence-corrected chi connectivity index (χ1v) is 10.0. The SMILES string of the molecule is Cc1nc2nc(N)cc(-c3cc4c(CN(C)Cc5ccccc5)cccc4[nH]3)c2[nH]1. The summed E-state index contributed by atoms with van der Waals surface area (Å²) in [5, 5.41) is 1.21. The molecule has 0 spiro atoms. The molecule has 0 bridgehead atoms. The molecule has 150 valence electrons. The van der Waals surface area contributed by atoms with Gasteiger partial charge in [-0.25, -0.2) is 9.97 Å². The highest BCUT2D eigenvalue weighted by atomic mass is 15.1. The van der Waals surface area contributed by atoms with E-state index in [0.717, 1.165) is 41.2 Å². The first-order chi connectivity index (χ1) is 14.6. The fraction of sp³-hybridized carbons (Fsp3) is 0.167. The number of hydrogen-bond acceptors (Lipinski definition) is 4. The normalized spacial score (nSPS) is 11.7. The van der Waals surface area contributed by atoms with Gasteiger partial charge >= 0.3 is 0 Å². The molecule has 0 amide bonds. The summed E-state index contributed by atoms with van der Waals surface area (Å²) in [6, 6.07) is 21.0. The molecular weight excluding hydrogens is 372 g/mol. The van der Waals surface area contributed by atoms with Crippen LogP contribution < -0.4 is 5.73 Å². The van der Waals surface area contributed by atoms with Crippen LogP contribution in [0.1, 0.15) is 17.0 Å². The number of nitrogens with one attached hydrogen (secondary N) is 2. The second-order valence-corrected chi connectivity index (χ2v) is 7.83. The van der Waals surface area contributed by atoms with Gasteiger partial charge in [0.2, 0.25) is 0 Å². The van der Waals surface area contributed by atoms with Crippen LogP contribution in [-0.4, -0.2) is 31.9 Å². The number of fused-ring (bicyclic) bond motifs is 2. The van der Waals surface area contributed by atoms with Crippen molar-refractivity contribution in [3.8, 4) is 11.3 Å². The maximum absolute atomic E-state index is 6.05. The maximum atomic E-state index is 6.05. The van der Waals surface area contributed by atoms with E-state index in [-0.39, 0.29) is 0 Å². The van der Waals surface area contributed by atoms with Crippen molar-refractivity contribution in [1.82, 2.24) is 24.8 Å². The van der Waals surface area contributed by atoms with Gasteiger partial charge < -0.3 is 15.7 Å². The Morgan fingerprint density at radius 2 is 1.77 bits per heavy atom. The molecule has 5 aromatic rings. The molecule has 0 aliphatic heterocycles. The van der Waals surface area contributed by atoms with Gasteiger partial charge in [0.15, 0.2) is 5.65 Å². The van der Waals surface area contributed by atoms with Crippen molar-refractivity contribution < 1.29 is 0 Å². The average molecular weight is 396 g/mol. The fourth-order valence-electron chi connectivity index (χ4n) is 4.08. The number of rotatable bonds is 5. The van der Waals surface area contributed by atoms with Gasteiger partial charge in [0.1, 0.15) is 11.6 Å². The predicted molar refractivity (Wildman–Crippen MR) is 122 cm³/mol. The second-order valence-electron chi connectivity index (χ2n) is 7.83. The van der Waals surface area contributed by atoms with Crippen LogP contribution >= 0.6 is 0 Å². The molecule has 0 saturated carbocycles. The van der Waals surface area contributed by atoms with Gasteiger partial charge in [0.05, 0.1) is 5.52 Å². The summed E-state index contributed by atoms with van der Waals surface area (Å²) < 4.78 is 0. The number of aromatic amines is 2. The molecule has 4 N–H and O–H groups in total. The molecule has 3 aromatic heterocycles. The van der Waals surface area contributed by atoms with Crippen molar-refractivity contribution in [2.75, 3.05) is 12.8 Å². The molecule has 0 unspecified atom stereocenters. The molecule has 30 heavy (non-hydrogen) atoms. The van der Waals surface area contributed by atoms with E-state index >= 15 is 0 Å². The van der Waals surface area contributed by atoms with Crippen LogP contribution in [0.15, 0.2) is 60.7 Å². The Morgan fingerprint density at radius 3 is 2.60 bits per heavy atom. The van der Waals surface area contributed by atoms with E-state index in [1.54, 1.807) is 0 Å². The van der Waals surface area contributed by atoms with Crippen LogP contribution in [-0.2, 0) is 13.1 Å². The molecule has 6 heteroatoms. The Hall–Kier alpha value is -3.64. The van der Waals surface area contributed by atoms with Gasteiger partial charge in [-0.1, -0.05) is 42.5 Å². The first-order valence-electron chi connectivity index (χ1n) is 10.0. The van der Waals surface area contributed by atoms with Crippen molar-refractivity contribution in [2.24, 2.45) is 0 Å². The van der Waals surface area contributed by atoms with Crippen molar-refractivity contribution in [3.63, 3.8) is 0 Å². The third-order valence-electron chi connectivity index (χ3n) is 5.38. The summed E-state index contributed by atoms with van der Waals surface area (Å²) in [5.41, 5.74) is 13.3. The molecule has 0 saturated heterocycles. The molecule has 0 atom stereocenters. The van der Waals surface area contributed by atoms with Crippen LogP contribution in [0.5, 0.6) is 0 Å². The van der Waals surface area contributed by atoms with E-state index in [1.165, 1.54) is 16.5 Å². The average Bonchev–Trinajstić information content (AvgIpc) is 3.31. The second kappa shape index (κ2) is 7.31. The topological polar surface area (TPSA) is 86.6 Å². The smallest absolute Gasteiger partial charge is 0.180 e. The standard InChI is InChI=1S/C24H24N6/c1-15-26-23-19(12-22(25)29-24(23)27-15)21-11-18-17(9-6-10-20(18)28-21)14-30(2)13-16-7-4-3-5-8-16/h3-12,28H,13-14H2,1-2H3,(H3,25,26,27,29). The lowest BCUT2D eigenvalue weighted by Gasteiger charge is -2.17. The number of aryl methyl sites for hydroxylation is 1. The highest BCUT2D eigenvalue weighted by Gasteiger charge is 2.14. The zero-order valence-corrected chi connectivity index (χ0v) is 17.1. The molecule has 0 radical (unpaired) electrons. The van der Waals surface area contributed by atoms with E-state index in [2.05, 4.69) is 86.5 Å². The number of imidazole rings is 1. The largest absolute Gasteiger partial charge is 0.384 e. The number of anilines is 1. The summed E-state index contributed by atoms with van der Waals surface area (Å²) in [5.74, 6) is 1.29. The summed E-state index contributed by atoms with van der Waals surface area (Å²) in [6.07, 6.45) is 0. The number of benzene rings is 2. The number of nitrogens with zero attached hydrogens (tertiary/aromatic N) is 3. The summed E-state index contributed by atoms with van der Waals surface area (Å²) >= 11 is 0. The summed E-state index contributed by atoms with van der Waals surface area (Å²) in [6.45, 7) is 3.69. The van der Waals surface area contributed by atoms with Crippen LogP contribution in [0.4, 0.5) is 5.82 Å². The number of nitrogens with two attached hydrogens (primary N) is 1. The molecule has 0 aliphatic rings. The van der Waals surface area contributed by atoms with Gasteiger partial charge in [0, 0.05) is 35.2 Å². The molecule has 2 aromatic carbocycles. The molecule has 6 nitrogen and oxygen atoms in total. The van der Waals surface area contributed by atoms with E-state index < -0.39 is 0 Å².